The van der Waals surface area contributed by atoms with Crippen molar-refractivity contribution in [3.8, 4) is 0 Å². The summed E-state index contributed by atoms with van der Waals surface area (Å²) in [6.07, 6.45) is 0.935. The third-order valence-electron chi connectivity index (χ3n) is 6.27. The van der Waals surface area contributed by atoms with Crippen LogP contribution in [-0.4, -0.2) is 58.6 Å². The number of hydrogen-bond donors (Lipinski definition) is 3. The summed E-state index contributed by atoms with van der Waals surface area (Å²) in [5, 5.41) is 13.6. The highest BCUT2D eigenvalue weighted by Gasteiger charge is 2.21. The minimum absolute atomic E-state index is 0. The van der Waals surface area contributed by atoms with Gasteiger partial charge in [0, 0.05) is 36.6 Å². The number of nitrogens with one attached hydrogen (secondary N) is 3. The fourth-order valence-corrected chi connectivity index (χ4v) is 4.13. The first kappa shape index (κ1) is 31.3. The maximum atomic E-state index is 13.6. The fourth-order valence-electron chi connectivity index (χ4n) is 4.13. The molecule has 0 fully saturated rings. The Labute approximate surface area is 244 Å². The van der Waals surface area contributed by atoms with Gasteiger partial charge in [0.2, 0.25) is 0 Å². The average molecular weight is 574 g/mol. The number of benzene rings is 2. The number of carbonyl (C=O) groups is 3. The molecule has 0 atom stereocenters. The van der Waals surface area contributed by atoms with Crippen LogP contribution in [0.4, 0.5) is 16.3 Å². The Morgan fingerprint density at radius 2 is 1.79 bits per heavy atom. The highest BCUT2D eigenvalue weighted by atomic mass is 16.5. The smallest absolute Gasteiger partial charge is 0.412 e. The first-order valence-electron chi connectivity index (χ1n) is 12.9. The van der Waals surface area contributed by atoms with Gasteiger partial charge in [-0.2, -0.15) is 0 Å². The molecular formula is C30H35N7O5. The maximum absolute atomic E-state index is 13.6. The first-order valence-corrected chi connectivity index (χ1v) is 12.9. The van der Waals surface area contributed by atoms with E-state index < -0.39 is 6.09 Å². The molecule has 0 aliphatic heterocycles. The Morgan fingerprint density at radius 1 is 1.05 bits per heavy atom. The van der Waals surface area contributed by atoms with Crippen LogP contribution >= 0.6 is 0 Å². The molecule has 2 aromatic carbocycles. The first-order chi connectivity index (χ1) is 19.8. The van der Waals surface area contributed by atoms with E-state index in [0.29, 0.717) is 29.0 Å². The summed E-state index contributed by atoms with van der Waals surface area (Å²) >= 11 is 0. The van der Waals surface area contributed by atoms with Gasteiger partial charge in [0.25, 0.3) is 5.91 Å². The van der Waals surface area contributed by atoms with Gasteiger partial charge in [-0.3, -0.25) is 25.2 Å². The zero-order valence-electron chi connectivity index (χ0n) is 23.0. The van der Waals surface area contributed by atoms with Crippen LogP contribution in [0.5, 0.6) is 0 Å². The van der Waals surface area contributed by atoms with E-state index in [0.717, 1.165) is 17.0 Å². The molecule has 12 heteroatoms. The summed E-state index contributed by atoms with van der Waals surface area (Å²) < 4.78 is 11.5. The third-order valence-corrected chi connectivity index (χ3v) is 6.27. The SMILES string of the molecule is C.CCOC(=O)CCN(C(=O)c1ccc2c(c1)nc(CNc1ccc(C(=N)NC(=O)OC)cc1)n2C)c1ccccn1. The second-order valence-corrected chi connectivity index (χ2v) is 8.91. The number of fused-ring (bicyclic) bond motifs is 1. The monoisotopic (exact) mass is 573 g/mol. The van der Waals surface area contributed by atoms with Crippen molar-refractivity contribution >= 4 is 46.3 Å². The molecule has 0 saturated carbocycles. The van der Waals surface area contributed by atoms with Gasteiger partial charge in [-0.1, -0.05) is 13.5 Å². The predicted octanol–water partition coefficient (Wildman–Crippen LogP) is 4.50. The van der Waals surface area contributed by atoms with Crippen LogP contribution in [0.1, 0.15) is 42.5 Å². The van der Waals surface area contributed by atoms with Crippen LogP contribution in [0.3, 0.4) is 0 Å². The number of rotatable bonds is 10. The molecule has 12 nitrogen and oxygen atoms in total. The molecule has 42 heavy (non-hydrogen) atoms. The van der Waals surface area contributed by atoms with Crippen molar-refractivity contribution in [2.24, 2.45) is 7.05 Å². The number of anilines is 2. The number of nitrogens with zero attached hydrogens (tertiary/aromatic N) is 4. The summed E-state index contributed by atoms with van der Waals surface area (Å²) in [4.78, 5) is 47.4. The van der Waals surface area contributed by atoms with Crippen molar-refractivity contribution in [2.45, 2.75) is 27.3 Å². The molecule has 0 aliphatic carbocycles. The van der Waals surface area contributed by atoms with Gasteiger partial charge in [0.05, 0.1) is 37.7 Å². The number of amides is 2. The summed E-state index contributed by atoms with van der Waals surface area (Å²) in [5.74, 6) is 0.441. The Hall–Kier alpha value is -5.26. The minimum atomic E-state index is -0.704. The molecule has 220 valence electrons. The van der Waals surface area contributed by atoms with E-state index in [2.05, 4.69) is 20.4 Å². The molecule has 4 aromatic rings. The summed E-state index contributed by atoms with van der Waals surface area (Å²) in [6, 6.07) is 17.6. The second kappa shape index (κ2) is 14.4. The number of alkyl carbamates (subject to hydrolysis) is 1. The summed E-state index contributed by atoms with van der Waals surface area (Å²) in [5.41, 5.74) is 3.26. The van der Waals surface area contributed by atoms with E-state index in [4.69, 9.17) is 15.1 Å². The molecule has 2 amide bonds. The van der Waals surface area contributed by atoms with E-state index in [9.17, 15) is 14.4 Å². The number of ether oxygens (including phenoxy) is 2. The molecule has 2 aromatic heterocycles. The van der Waals surface area contributed by atoms with Crippen LogP contribution in [0.2, 0.25) is 0 Å². The Balaban J connectivity index is 0.00000484. The fraction of sp³-hybridized carbons (Fsp3) is 0.267. The molecule has 0 radical (unpaired) electrons. The van der Waals surface area contributed by atoms with Crippen LogP contribution in [-0.2, 0) is 27.9 Å². The van der Waals surface area contributed by atoms with Crippen LogP contribution in [0.25, 0.3) is 11.0 Å². The lowest BCUT2D eigenvalue weighted by Crippen LogP contribution is -2.34. The number of imidazole rings is 1. The minimum Gasteiger partial charge on any atom is -0.466 e. The van der Waals surface area contributed by atoms with Gasteiger partial charge in [0.1, 0.15) is 17.5 Å². The van der Waals surface area contributed by atoms with Crippen molar-refractivity contribution in [3.63, 3.8) is 0 Å². The summed E-state index contributed by atoms with van der Waals surface area (Å²) in [7, 11) is 3.14. The normalized spacial score (nSPS) is 10.4. The number of hydrogen-bond acceptors (Lipinski definition) is 9. The van der Waals surface area contributed by atoms with E-state index >= 15 is 0 Å². The van der Waals surface area contributed by atoms with Crippen molar-refractivity contribution in [1.29, 1.82) is 5.41 Å². The van der Waals surface area contributed by atoms with Crippen molar-refractivity contribution in [2.75, 3.05) is 30.5 Å². The Morgan fingerprint density at radius 3 is 2.45 bits per heavy atom. The largest absolute Gasteiger partial charge is 0.466 e. The molecule has 2 heterocycles. The van der Waals surface area contributed by atoms with E-state index in [1.165, 1.54) is 12.0 Å². The van der Waals surface area contributed by atoms with Gasteiger partial charge >= 0.3 is 12.1 Å². The quantitative estimate of drug-likeness (QED) is 0.143. The molecule has 0 bridgehead atoms. The molecular weight excluding hydrogens is 538 g/mol. The van der Waals surface area contributed by atoms with E-state index in [1.54, 1.807) is 67.7 Å². The number of aromatic nitrogens is 3. The topological polar surface area (TPSA) is 152 Å². The number of aryl methyl sites for hydroxylation is 1. The lowest BCUT2D eigenvalue weighted by atomic mass is 10.1. The van der Waals surface area contributed by atoms with Gasteiger partial charge in [-0.05, 0) is 61.5 Å². The Kier molecular flexibility index (Phi) is 10.7. The lowest BCUT2D eigenvalue weighted by molar-refractivity contribution is -0.142. The summed E-state index contributed by atoms with van der Waals surface area (Å²) in [6.45, 7) is 2.54. The molecule has 3 N–H and O–H groups in total. The third kappa shape index (κ3) is 7.47. The maximum Gasteiger partial charge on any atom is 0.412 e. The highest BCUT2D eigenvalue weighted by Crippen LogP contribution is 2.21. The van der Waals surface area contributed by atoms with Crippen molar-refractivity contribution in [1.82, 2.24) is 19.9 Å². The van der Waals surface area contributed by atoms with Crippen LogP contribution < -0.4 is 15.5 Å². The van der Waals surface area contributed by atoms with Crippen LogP contribution in [0.15, 0.2) is 66.9 Å². The lowest BCUT2D eigenvalue weighted by Gasteiger charge is -2.21. The van der Waals surface area contributed by atoms with Gasteiger partial charge in [-0.25, -0.2) is 14.8 Å². The molecule has 0 spiro atoms. The zero-order chi connectivity index (χ0) is 29.4. The van der Waals surface area contributed by atoms with Gasteiger partial charge in [0.15, 0.2) is 0 Å². The van der Waals surface area contributed by atoms with Crippen molar-refractivity contribution in [3.05, 3.63) is 83.8 Å². The number of carbonyl (C=O) groups excluding carboxylic acids is 3. The second-order valence-electron chi connectivity index (χ2n) is 8.91. The average Bonchev–Trinajstić information content (AvgIpc) is 3.31. The van der Waals surface area contributed by atoms with Gasteiger partial charge in [-0.15, -0.1) is 0 Å². The van der Waals surface area contributed by atoms with E-state index in [1.807, 2.05) is 17.7 Å². The number of esters is 1. The zero-order valence-corrected chi connectivity index (χ0v) is 23.0. The Bertz CT molecular complexity index is 1550. The highest BCUT2D eigenvalue weighted by molar-refractivity contribution is 6.07. The molecule has 0 unspecified atom stereocenters. The number of amidine groups is 1. The van der Waals surface area contributed by atoms with Crippen molar-refractivity contribution < 1.29 is 23.9 Å². The standard InChI is InChI=1S/C29H31N7O5.CH4/c1-4-41-26(37)14-16-36(24-7-5-6-15-31-24)28(38)20-10-13-23-22(17-20)33-25(35(23)2)18-32-21-11-8-19(9-12-21)27(30)34-29(39)40-3;/h5-13,15,17,32H,4,14,16,18H2,1-3H3,(H2,30,34,39);1H4. The van der Waals surface area contributed by atoms with Crippen LogP contribution in [0, 0.1) is 5.41 Å². The van der Waals surface area contributed by atoms with Gasteiger partial charge < -0.3 is 19.4 Å². The molecule has 0 aliphatic rings. The number of pyridine rings is 1. The van der Waals surface area contributed by atoms with E-state index in [-0.39, 0.29) is 44.7 Å². The predicted molar refractivity (Wildman–Crippen MR) is 161 cm³/mol. The molecule has 4 rings (SSSR count). The number of methoxy groups -OCH3 is 1. The molecule has 0 saturated heterocycles.